The van der Waals surface area contributed by atoms with Crippen LogP contribution in [0.4, 0.5) is 0 Å². The minimum absolute atomic E-state index is 0.0842. The van der Waals surface area contributed by atoms with Crippen molar-refractivity contribution in [3.8, 4) is 0 Å². The molecule has 4 N–H and O–H groups in total. The van der Waals surface area contributed by atoms with Crippen molar-refractivity contribution in [3.63, 3.8) is 0 Å². The normalized spacial score (nSPS) is 34.6. The average molecular weight is 536 g/mol. The highest BCUT2D eigenvalue weighted by Crippen LogP contribution is 2.63. The number of hydrogen-bond donors (Lipinski definition) is 3. The molecule has 4 aliphatic rings. The first kappa shape index (κ1) is 26.4. The number of carboxylic acid groups (broad SMARTS) is 1. The Hall–Kier alpha value is -2.86. The van der Waals surface area contributed by atoms with E-state index in [0.717, 1.165) is 44.9 Å². The predicted molar refractivity (Wildman–Crippen MR) is 139 cm³/mol. The van der Waals surface area contributed by atoms with Crippen LogP contribution in [-0.4, -0.2) is 76.1 Å². The monoisotopic (exact) mass is 535 g/mol. The van der Waals surface area contributed by atoms with Gasteiger partial charge in [0.25, 0.3) is 0 Å². The van der Waals surface area contributed by atoms with Crippen molar-refractivity contribution in [3.05, 3.63) is 48.6 Å². The number of Topliss-reactive ketones (excluding diaryl/α,β-unsaturated/α-hetero) is 1. The maximum absolute atomic E-state index is 14.3. The Kier molecular flexibility index (Phi) is 6.53. The van der Waals surface area contributed by atoms with Gasteiger partial charge in [0.1, 0.15) is 17.0 Å². The molecule has 3 saturated carbocycles. The van der Waals surface area contributed by atoms with Gasteiger partial charge in [-0.2, -0.15) is 5.06 Å². The summed E-state index contributed by atoms with van der Waals surface area (Å²) in [6.07, 6.45) is 13.6. The third kappa shape index (κ3) is 3.36. The Morgan fingerprint density at radius 2 is 1.49 bits per heavy atom. The van der Waals surface area contributed by atoms with E-state index >= 15 is 0 Å². The Labute approximate surface area is 227 Å². The van der Waals surface area contributed by atoms with Crippen LogP contribution in [0, 0.1) is 11.8 Å². The summed E-state index contributed by atoms with van der Waals surface area (Å²) in [5, 5.41) is 25.5. The van der Waals surface area contributed by atoms with Crippen molar-refractivity contribution in [1.29, 1.82) is 0 Å². The van der Waals surface area contributed by atoms with Crippen LogP contribution in [0.5, 0.6) is 0 Å². The summed E-state index contributed by atoms with van der Waals surface area (Å²) in [4.78, 5) is 48.5. The van der Waals surface area contributed by atoms with E-state index in [1.165, 1.54) is 24.4 Å². The number of nitrogens with two attached hydrogens (primary N) is 1. The molecule has 208 valence electrons. The fraction of sp³-hybridized carbons (Fsp3) is 0.643. The largest absolute Gasteiger partial charge is 0.480 e. The molecule has 3 aliphatic carbocycles. The predicted octanol–water partition coefficient (Wildman–Crippen LogP) is 2.26. The van der Waals surface area contributed by atoms with Crippen LogP contribution < -0.4 is 5.73 Å². The Bertz CT molecular complexity index is 1220. The highest BCUT2D eigenvalue weighted by Gasteiger charge is 2.81. The topological polar surface area (TPSA) is 159 Å². The van der Waals surface area contributed by atoms with Gasteiger partial charge in [0.2, 0.25) is 0 Å². The highest BCUT2D eigenvalue weighted by atomic mass is 16.5. The second-order valence-electron chi connectivity index (χ2n) is 11.7. The van der Waals surface area contributed by atoms with Gasteiger partial charge >= 0.3 is 5.97 Å². The molecule has 39 heavy (non-hydrogen) atoms. The fourth-order valence-electron chi connectivity index (χ4n) is 8.15. The summed E-state index contributed by atoms with van der Waals surface area (Å²) < 4.78 is 0. The lowest BCUT2D eigenvalue weighted by Crippen LogP contribution is -2.89. The SMILES string of the molecule is CC(=O)C1(c2ncccn2)C(C2CCC2)N(O)C(c2ncccn2)(C2CCCC2)N(C2CC2)C1(CN)C(=O)O. The van der Waals surface area contributed by atoms with Gasteiger partial charge in [-0.15, -0.1) is 0 Å². The number of rotatable bonds is 8. The molecular weight excluding hydrogens is 498 g/mol. The van der Waals surface area contributed by atoms with Gasteiger partial charge in [-0.05, 0) is 63.5 Å². The molecule has 4 atom stereocenters. The molecule has 4 unspecified atom stereocenters. The third-order valence-electron chi connectivity index (χ3n) is 9.94. The van der Waals surface area contributed by atoms with E-state index in [-0.39, 0.29) is 30.2 Å². The van der Waals surface area contributed by atoms with Crippen LogP contribution in [0.2, 0.25) is 0 Å². The van der Waals surface area contributed by atoms with Crippen molar-refractivity contribution >= 4 is 11.8 Å². The number of carbonyl (C=O) groups excluding carboxylic acids is 1. The smallest absolute Gasteiger partial charge is 0.327 e. The Balaban J connectivity index is 1.77. The summed E-state index contributed by atoms with van der Waals surface area (Å²) in [6.45, 7) is 1.03. The minimum atomic E-state index is -1.96. The minimum Gasteiger partial charge on any atom is -0.480 e. The van der Waals surface area contributed by atoms with Crippen LogP contribution in [0.25, 0.3) is 0 Å². The molecule has 3 heterocycles. The van der Waals surface area contributed by atoms with Gasteiger partial charge in [-0.25, -0.2) is 19.9 Å². The fourth-order valence-corrected chi connectivity index (χ4v) is 8.15. The lowest BCUT2D eigenvalue weighted by molar-refractivity contribution is -0.360. The number of aromatic nitrogens is 4. The quantitative estimate of drug-likeness (QED) is 0.455. The molecule has 6 rings (SSSR count). The molecule has 1 saturated heterocycles. The van der Waals surface area contributed by atoms with Crippen molar-refractivity contribution in [1.82, 2.24) is 29.9 Å². The first-order valence-electron chi connectivity index (χ1n) is 14.2. The van der Waals surface area contributed by atoms with E-state index < -0.39 is 34.4 Å². The first-order valence-corrected chi connectivity index (χ1v) is 14.2. The van der Waals surface area contributed by atoms with E-state index in [2.05, 4.69) is 19.9 Å². The Morgan fingerprint density at radius 1 is 0.923 bits per heavy atom. The molecule has 1 aliphatic heterocycles. The van der Waals surface area contributed by atoms with E-state index in [4.69, 9.17) is 5.73 Å². The third-order valence-corrected chi connectivity index (χ3v) is 9.94. The van der Waals surface area contributed by atoms with Crippen molar-refractivity contribution < 1.29 is 19.9 Å². The molecule has 2 aromatic rings. The zero-order chi connectivity index (χ0) is 27.4. The van der Waals surface area contributed by atoms with Crippen LogP contribution >= 0.6 is 0 Å². The van der Waals surface area contributed by atoms with E-state index in [0.29, 0.717) is 18.7 Å². The number of carboxylic acids is 1. The van der Waals surface area contributed by atoms with E-state index in [1.807, 2.05) is 4.90 Å². The molecule has 11 heteroatoms. The highest BCUT2D eigenvalue weighted by molar-refractivity contribution is 5.99. The van der Waals surface area contributed by atoms with Crippen LogP contribution in [0.3, 0.4) is 0 Å². The van der Waals surface area contributed by atoms with Gasteiger partial charge in [0.05, 0.1) is 6.04 Å². The van der Waals surface area contributed by atoms with Crippen molar-refractivity contribution in [2.24, 2.45) is 17.6 Å². The summed E-state index contributed by atoms with van der Waals surface area (Å²) >= 11 is 0. The summed E-state index contributed by atoms with van der Waals surface area (Å²) in [5.41, 5.74) is 1.46. The van der Waals surface area contributed by atoms with Crippen LogP contribution in [-0.2, 0) is 20.7 Å². The number of carbonyl (C=O) groups is 2. The number of aliphatic carboxylic acids is 1. The molecule has 0 aromatic carbocycles. The molecule has 0 spiro atoms. The summed E-state index contributed by atoms with van der Waals surface area (Å²) in [5.74, 6) is -1.53. The number of hydroxylamine groups is 2. The van der Waals surface area contributed by atoms with Gasteiger partial charge in [0, 0.05) is 43.3 Å². The van der Waals surface area contributed by atoms with E-state index in [1.54, 1.807) is 24.5 Å². The summed E-state index contributed by atoms with van der Waals surface area (Å²) in [6, 6.07) is 2.17. The van der Waals surface area contributed by atoms with E-state index in [9.17, 15) is 19.9 Å². The zero-order valence-electron chi connectivity index (χ0n) is 22.3. The molecule has 2 aromatic heterocycles. The molecule has 4 fully saturated rings. The standard InChI is InChI=1S/C28H37N7O4/c1-18(36)27(23-30-13-5-14-31-23)22(19-7-4-8-19)35(39)28(20-9-2-3-10-20,24-32-15-6-16-33-24)34(21-11-12-21)26(27,17-29)25(37)38/h5-6,13-16,19-22,39H,2-4,7-12,17,29H2,1H3,(H,37,38). The van der Waals surface area contributed by atoms with Crippen molar-refractivity contribution in [2.75, 3.05) is 6.54 Å². The summed E-state index contributed by atoms with van der Waals surface area (Å²) in [7, 11) is 0. The molecule has 0 bridgehead atoms. The van der Waals surface area contributed by atoms with Crippen LogP contribution in [0.1, 0.15) is 76.4 Å². The average Bonchev–Trinajstić information content (AvgIpc) is 3.60. The maximum Gasteiger partial charge on any atom is 0.327 e. The van der Waals surface area contributed by atoms with Crippen LogP contribution in [0.15, 0.2) is 36.9 Å². The maximum atomic E-state index is 14.3. The second-order valence-corrected chi connectivity index (χ2v) is 11.7. The molecule has 0 amide bonds. The molecule has 11 nitrogen and oxygen atoms in total. The second kappa shape index (κ2) is 9.65. The lowest BCUT2D eigenvalue weighted by Gasteiger charge is -2.69. The zero-order valence-corrected chi connectivity index (χ0v) is 22.3. The number of nitrogens with zero attached hydrogens (tertiary/aromatic N) is 6. The van der Waals surface area contributed by atoms with Gasteiger partial charge < -0.3 is 16.0 Å². The molecule has 0 radical (unpaired) electrons. The number of ketones is 1. The first-order chi connectivity index (χ1) is 18.9. The van der Waals surface area contributed by atoms with Gasteiger partial charge in [-0.1, -0.05) is 19.3 Å². The lowest BCUT2D eigenvalue weighted by atomic mass is 9.52. The van der Waals surface area contributed by atoms with Crippen molar-refractivity contribution in [2.45, 2.75) is 93.4 Å². The van der Waals surface area contributed by atoms with Gasteiger partial charge in [-0.3, -0.25) is 14.5 Å². The Morgan fingerprint density at radius 3 is 1.92 bits per heavy atom. The van der Waals surface area contributed by atoms with Gasteiger partial charge in [0.15, 0.2) is 17.0 Å². The number of hydrogen-bond acceptors (Lipinski definition) is 10. The molecular formula is C28H37N7O4.